The third-order valence-electron chi connectivity index (χ3n) is 5.44. The van der Waals surface area contributed by atoms with E-state index in [0.29, 0.717) is 23.4 Å². The van der Waals surface area contributed by atoms with Crippen molar-refractivity contribution in [3.05, 3.63) is 81.2 Å². The van der Waals surface area contributed by atoms with Crippen LogP contribution in [0.1, 0.15) is 11.3 Å². The summed E-state index contributed by atoms with van der Waals surface area (Å²) < 4.78 is 12.6. The highest BCUT2D eigenvalue weighted by molar-refractivity contribution is 7.17. The van der Waals surface area contributed by atoms with Crippen LogP contribution >= 0.6 is 22.7 Å². The Bertz CT molecular complexity index is 1500. The summed E-state index contributed by atoms with van der Waals surface area (Å²) in [7, 11) is 3.22. The summed E-state index contributed by atoms with van der Waals surface area (Å²) in [4.78, 5) is 23.4. The van der Waals surface area contributed by atoms with Crippen LogP contribution in [0, 0.1) is 6.92 Å². The zero-order valence-electron chi connectivity index (χ0n) is 18.4. The fraction of sp³-hybridized carbons (Fsp3) is 0.160. The van der Waals surface area contributed by atoms with Gasteiger partial charge in [-0.15, -0.1) is 22.7 Å². The molecule has 0 spiro atoms. The number of aryl methyl sites for hydroxylation is 1. The minimum Gasteiger partial charge on any atom is -0.493 e. The Hall–Kier alpha value is -3.49. The van der Waals surface area contributed by atoms with Gasteiger partial charge in [-0.05, 0) is 24.6 Å². The molecule has 0 amide bonds. The molecule has 2 aromatic carbocycles. The van der Waals surface area contributed by atoms with Crippen molar-refractivity contribution in [1.82, 2.24) is 14.5 Å². The molecule has 0 saturated heterocycles. The Kier molecular flexibility index (Phi) is 5.70. The van der Waals surface area contributed by atoms with Crippen LogP contribution in [0.2, 0.25) is 0 Å². The molecule has 3 heterocycles. The predicted molar refractivity (Wildman–Crippen MR) is 134 cm³/mol. The standard InChI is InChI=1S/C25H21N3O3S2/c1-15-7-9-16(10-8-15)19-13-33-24-21(19)25(29)28(14-26-24)11-17-12-32-23(27-17)18-5-4-6-20(30-2)22(18)31-3/h4-10,12-14H,11H2,1-3H3. The van der Waals surface area contributed by atoms with Crippen molar-refractivity contribution in [2.24, 2.45) is 0 Å². The quantitative estimate of drug-likeness (QED) is 0.319. The summed E-state index contributed by atoms with van der Waals surface area (Å²) in [6, 6.07) is 13.9. The molecule has 0 unspecified atom stereocenters. The Balaban J connectivity index is 1.51. The van der Waals surface area contributed by atoms with Gasteiger partial charge in [-0.3, -0.25) is 9.36 Å². The second-order valence-electron chi connectivity index (χ2n) is 7.56. The van der Waals surface area contributed by atoms with Gasteiger partial charge in [-0.2, -0.15) is 0 Å². The van der Waals surface area contributed by atoms with Crippen LogP contribution in [0.5, 0.6) is 11.5 Å². The summed E-state index contributed by atoms with van der Waals surface area (Å²) in [5.41, 5.74) is 4.70. The second-order valence-corrected chi connectivity index (χ2v) is 9.27. The number of para-hydroxylation sites is 1. The Morgan fingerprint density at radius 2 is 1.79 bits per heavy atom. The fourth-order valence-corrected chi connectivity index (χ4v) is 5.50. The molecule has 0 bridgehead atoms. The number of aromatic nitrogens is 3. The van der Waals surface area contributed by atoms with Gasteiger partial charge in [0.1, 0.15) is 9.84 Å². The lowest BCUT2D eigenvalue weighted by atomic mass is 10.1. The molecule has 0 atom stereocenters. The number of benzene rings is 2. The number of thiazole rings is 1. The van der Waals surface area contributed by atoms with Gasteiger partial charge >= 0.3 is 0 Å². The molecule has 5 rings (SSSR count). The van der Waals surface area contributed by atoms with E-state index in [4.69, 9.17) is 14.5 Å². The van der Waals surface area contributed by atoms with E-state index in [0.717, 1.165) is 32.2 Å². The first-order chi connectivity index (χ1) is 16.1. The third kappa shape index (κ3) is 3.92. The Morgan fingerprint density at radius 3 is 2.55 bits per heavy atom. The Labute approximate surface area is 198 Å². The number of hydrogen-bond acceptors (Lipinski definition) is 7. The molecule has 6 nitrogen and oxygen atoms in total. The minimum atomic E-state index is -0.0645. The molecule has 0 aliphatic heterocycles. The van der Waals surface area contributed by atoms with Crippen LogP contribution in [0.4, 0.5) is 0 Å². The normalized spacial score (nSPS) is 11.1. The van der Waals surface area contributed by atoms with Crippen LogP contribution in [-0.2, 0) is 6.54 Å². The van der Waals surface area contributed by atoms with E-state index >= 15 is 0 Å². The van der Waals surface area contributed by atoms with Gasteiger partial charge < -0.3 is 9.47 Å². The fourth-order valence-electron chi connectivity index (χ4n) is 3.76. The number of fused-ring (bicyclic) bond motifs is 1. The predicted octanol–water partition coefficient (Wildman–Crippen LogP) is 5.62. The monoisotopic (exact) mass is 475 g/mol. The molecule has 8 heteroatoms. The third-order valence-corrected chi connectivity index (χ3v) is 7.25. The summed E-state index contributed by atoms with van der Waals surface area (Å²) in [5, 5.41) is 5.42. The van der Waals surface area contributed by atoms with E-state index in [-0.39, 0.29) is 5.56 Å². The van der Waals surface area contributed by atoms with Crippen LogP contribution < -0.4 is 15.0 Å². The van der Waals surface area contributed by atoms with Crippen LogP contribution in [0.15, 0.2) is 64.3 Å². The van der Waals surface area contributed by atoms with Gasteiger partial charge in [0.05, 0.1) is 43.7 Å². The van der Waals surface area contributed by atoms with Crippen LogP contribution in [0.3, 0.4) is 0 Å². The number of thiophene rings is 1. The van der Waals surface area contributed by atoms with Crippen LogP contribution in [0.25, 0.3) is 31.9 Å². The molecule has 0 aliphatic rings. The number of rotatable bonds is 6. The molecule has 33 heavy (non-hydrogen) atoms. The van der Waals surface area contributed by atoms with Gasteiger partial charge in [0.2, 0.25) is 0 Å². The first kappa shape index (κ1) is 21.4. The van der Waals surface area contributed by atoms with E-state index in [1.54, 1.807) is 25.1 Å². The van der Waals surface area contributed by atoms with E-state index in [9.17, 15) is 4.79 Å². The number of nitrogens with zero attached hydrogens (tertiary/aromatic N) is 3. The van der Waals surface area contributed by atoms with E-state index in [2.05, 4.69) is 17.1 Å². The average Bonchev–Trinajstić information content (AvgIpc) is 3.48. The Morgan fingerprint density at radius 1 is 0.970 bits per heavy atom. The maximum absolute atomic E-state index is 13.4. The maximum atomic E-state index is 13.4. The second kappa shape index (κ2) is 8.80. The molecule has 0 fully saturated rings. The van der Waals surface area contributed by atoms with Crippen molar-refractivity contribution in [3.63, 3.8) is 0 Å². The number of ether oxygens (including phenoxy) is 2. The van der Waals surface area contributed by atoms with Crippen molar-refractivity contribution in [1.29, 1.82) is 0 Å². The van der Waals surface area contributed by atoms with E-state index < -0.39 is 0 Å². The summed E-state index contributed by atoms with van der Waals surface area (Å²) in [5.74, 6) is 1.29. The highest BCUT2D eigenvalue weighted by Crippen LogP contribution is 2.39. The first-order valence-electron chi connectivity index (χ1n) is 10.3. The van der Waals surface area contributed by atoms with Crippen molar-refractivity contribution in [2.75, 3.05) is 14.2 Å². The largest absolute Gasteiger partial charge is 0.493 e. The van der Waals surface area contributed by atoms with Gasteiger partial charge in [0.25, 0.3) is 5.56 Å². The number of hydrogen-bond donors (Lipinski definition) is 0. The maximum Gasteiger partial charge on any atom is 0.263 e. The molecule has 3 aromatic heterocycles. The molecule has 0 aliphatic carbocycles. The zero-order chi connectivity index (χ0) is 22.9. The van der Waals surface area contributed by atoms with Crippen molar-refractivity contribution in [3.8, 4) is 33.2 Å². The molecular weight excluding hydrogens is 454 g/mol. The lowest BCUT2D eigenvalue weighted by molar-refractivity contribution is 0.356. The van der Waals surface area contributed by atoms with Crippen molar-refractivity contribution >= 4 is 32.9 Å². The first-order valence-corrected chi connectivity index (χ1v) is 12.0. The van der Waals surface area contributed by atoms with Crippen LogP contribution in [-0.4, -0.2) is 28.8 Å². The molecule has 0 N–H and O–H groups in total. The highest BCUT2D eigenvalue weighted by Gasteiger charge is 2.17. The zero-order valence-corrected chi connectivity index (χ0v) is 20.0. The van der Waals surface area contributed by atoms with E-state index in [1.165, 1.54) is 28.2 Å². The summed E-state index contributed by atoms with van der Waals surface area (Å²) in [6.45, 7) is 2.39. The van der Waals surface area contributed by atoms with Gasteiger partial charge in [0, 0.05) is 16.3 Å². The smallest absolute Gasteiger partial charge is 0.263 e. The molecule has 166 valence electrons. The van der Waals surface area contributed by atoms with Crippen molar-refractivity contribution < 1.29 is 9.47 Å². The van der Waals surface area contributed by atoms with Gasteiger partial charge in [-0.1, -0.05) is 35.9 Å². The SMILES string of the molecule is COc1cccc(-c2nc(Cn3cnc4scc(-c5ccc(C)cc5)c4c3=O)cs2)c1OC. The van der Waals surface area contributed by atoms with E-state index in [1.807, 2.05) is 48.0 Å². The van der Waals surface area contributed by atoms with Crippen molar-refractivity contribution in [2.45, 2.75) is 13.5 Å². The average molecular weight is 476 g/mol. The summed E-state index contributed by atoms with van der Waals surface area (Å²) in [6.07, 6.45) is 1.60. The lowest BCUT2D eigenvalue weighted by Crippen LogP contribution is -2.21. The molecule has 0 saturated carbocycles. The van der Waals surface area contributed by atoms with Gasteiger partial charge in [-0.25, -0.2) is 9.97 Å². The number of methoxy groups -OCH3 is 2. The molecule has 0 radical (unpaired) electrons. The van der Waals surface area contributed by atoms with Gasteiger partial charge in [0.15, 0.2) is 11.5 Å². The lowest BCUT2D eigenvalue weighted by Gasteiger charge is -2.10. The molecule has 5 aromatic rings. The highest BCUT2D eigenvalue weighted by atomic mass is 32.1. The topological polar surface area (TPSA) is 66.2 Å². The molecular formula is C25H21N3O3S2. The summed E-state index contributed by atoms with van der Waals surface area (Å²) >= 11 is 2.99. The minimum absolute atomic E-state index is 0.0645.